The molecular weight excluding hydrogens is 541 g/mol. The zero-order valence-electron chi connectivity index (χ0n) is 23.5. The summed E-state index contributed by atoms with van der Waals surface area (Å²) in [5.74, 6) is 0. The summed E-state index contributed by atoms with van der Waals surface area (Å²) in [6.45, 7) is 0. The predicted octanol–water partition coefficient (Wildman–Crippen LogP) is 5.65. The molecule has 0 saturated heterocycles. The van der Waals surface area contributed by atoms with Crippen LogP contribution in [-0.2, 0) is 0 Å². The van der Waals surface area contributed by atoms with Crippen molar-refractivity contribution >= 4 is 28.8 Å². The van der Waals surface area contributed by atoms with E-state index in [1.165, 1.54) is 20.7 Å². The molecule has 0 aliphatic carbocycles. The molecular formula is C38H28N4Si. The smallest absolute Gasteiger partial charge is 0.179 e. The van der Waals surface area contributed by atoms with E-state index in [1.807, 2.05) is 55.4 Å². The van der Waals surface area contributed by atoms with Crippen LogP contribution in [0.2, 0.25) is 0 Å². The second-order valence-corrected chi connectivity index (χ2v) is 14.2. The van der Waals surface area contributed by atoms with E-state index in [1.54, 1.807) is 0 Å². The highest BCUT2D eigenvalue weighted by molar-refractivity contribution is 7.20. The summed E-state index contributed by atoms with van der Waals surface area (Å²) in [4.78, 5) is 18.1. The SMILES string of the molecule is c1ccc(-c2cc([Si](c3ccccc3)(c3cccc(-c4ccncc4)c3)c3ccnc(-c4ccncc4)c3)ccn2)cc1. The molecule has 43 heavy (non-hydrogen) atoms. The minimum Gasteiger partial charge on any atom is -0.265 e. The Bertz CT molecular complexity index is 1760. The lowest BCUT2D eigenvalue weighted by Crippen LogP contribution is -2.74. The largest absolute Gasteiger partial charge is 0.265 e. The van der Waals surface area contributed by atoms with Gasteiger partial charge in [0.15, 0.2) is 8.07 Å². The minimum atomic E-state index is -2.90. The molecule has 0 amide bonds. The standard InChI is InChI=1S/C38H28N4Si/c1-3-8-30(9-4-1)37-27-35(18-24-41-37)43(33-11-5-2-6-12-33,34-13-7-10-32(26-34)29-14-20-39-21-15-29)36-19-25-42-38(28-36)31-16-22-40-23-17-31/h1-28H. The fourth-order valence-electron chi connectivity index (χ4n) is 5.94. The summed E-state index contributed by atoms with van der Waals surface area (Å²) in [6.07, 6.45) is 11.2. The van der Waals surface area contributed by atoms with E-state index >= 15 is 0 Å². The molecule has 4 aromatic heterocycles. The number of rotatable bonds is 7. The van der Waals surface area contributed by atoms with E-state index in [2.05, 4.69) is 125 Å². The van der Waals surface area contributed by atoms with E-state index in [9.17, 15) is 0 Å². The summed E-state index contributed by atoms with van der Waals surface area (Å²) in [7, 11) is -2.90. The third kappa shape index (κ3) is 5.07. The van der Waals surface area contributed by atoms with E-state index in [0.717, 1.165) is 33.6 Å². The molecule has 7 aromatic rings. The monoisotopic (exact) mass is 568 g/mol. The third-order valence-electron chi connectivity index (χ3n) is 7.95. The van der Waals surface area contributed by atoms with Crippen LogP contribution in [-0.4, -0.2) is 28.0 Å². The minimum absolute atomic E-state index is 0.926. The van der Waals surface area contributed by atoms with Gasteiger partial charge >= 0.3 is 0 Å². The molecule has 4 nitrogen and oxygen atoms in total. The maximum absolute atomic E-state index is 4.83. The molecule has 0 spiro atoms. The first-order chi connectivity index (χ1) is 21.3. The molecule has 4 heterocycles. The summed E-state index contributed by atoms with van der Waals surface area (Å²) in [5, 5.41) is 5.08. The Morgan fingerprint density at radius 2 is 0.791 bits per heavy atom. The number of benzene rings is 3. The highest BCUT2D eigenvalue weighted by atomic mass is 28.3. The predicted molar refractivity (Wildman–Crippen MR) is 178 cm³/mol. The molecule has 0 aliphatic rings. The van der Waals surface area contributed by atoms with Crippen LogP contribution in [0.4, 0.5) is 0 Å². The average molecular weight is 569 g/mol. The zero-order valence-corrected chi connectivity index (χ0v) is 24.5. The molecule has 3 aromatic carbocycles. The highest BCUT2D eigenvalue weighted by Crippen LogP contribution is 2.22. The molecule has 0 bridgehead atoms. The van der Waals surface area contributed by atoms with Crippen molar-refractivity contribution in [2.75, 3.05) is 0 Å². The average Bonchev–Trinajstić information content (AvgIpc) is 3.11. The molecule has 204 valence electrons. The fourth-order valence-corrected chi connectivity index (χ4v) is 10.7. The lowest BCUT2D eigenvalue weighted by molar-refractivity contribution is 1.29. The number of hydrogen-bond donors (Lipinski definition) is 0. The van der Waals surface area contributed by atoms with Crippen molar-refractivity contribution in [1.29, 1.82) is 0 Å². The van der Waals surface area contributed by atoms with Crippen molar-refractivity contribution in [1.82, 2.24) is 19.9 Å². The molecule has 0 saturated carbocycles. The Labute approximate surface area is 252 Å². The highest BCUT2D eigenvalue weighted by Gasteiger charge is 2.42. The van der Waals surface area contributed by atoms with E-state index in [-0.39, 0.29) is 0 Å². The topological polar surface area (TPSA) is 51.6 Å². The van der Waals surface area contributed by atoms with Gasteiger partial charge in [-0.1, -0.05) is 84.9 Å². The van der Waals surface area contributed by atoms with Gasteiger partial charge < -0.3 is 0 Å². The molecule has 0 radical (unpaired) electrons. The summed E-state index contributed by atoms with van der Waals surface area (Å²) < 4.78 is 0. The van der Waals surface area contributed by atoms with Gasteiger partial charge in [0.25, 0.3) is 0 Å². The Hall–Kier alpha value is -5.52. The maximum Gasteiger partial charge on any atom is 0.179 e. The van der Waals surface area contributed by atoms with Crippen molar-refractivity contribution in [3.8, 4) is 33.6 Å². The summed E-state index contributed by atoms with van der Waals surface area (Å²) in [5.41, 5.74) is 6.32. The van der Waals surface area contributed by atoms with Gasteiger partial charge in [0.1, 0.15) is 0 Å². The van der Waals surface area contributed by atoms with Crippen molar-refractivity contribution in [2.24, 2.45) is 0 Å². The van der Waals surface area contributed by atoms with Gasteiger partial charge in [-0.05, 0) is 80.4 Å². The first-order valence-electron chi connectivity index (χ1n) is 14.3. The number of nitrogens with zero attached hydrogens (tertiary/aromatic N) is 4. The number of pyridine rings is 4. The molecule has 0 N–H and O–H groups in total. The van der Waals surface area contributed by atoms with Crippen LogP contribution >= 0.6 is 0 Å². The third-order valence-corrected chi connectivity index (χ3v) is 12.7. The van der Waals surface area contributed by atoms with Crippen LogP contribution in [0.15, 0.2) is 171 Å². The van der Waals surface area contributed by atoms with Gasteiger partial charge in [-0.2, -0.15) is 0 Å². The summed E-state index contributed by atoms with van der Waals surface area (Å²) in [6, 6.07) is 47.5. The summed E-state index contributed by atoms with van der Waals surface area (Å²) >= 11 is 0. The normalized spacial score (nSPS) is 12.4. The second-order valence-electron chi connectivity index (χ2n) is 10.4. The van der Waals surface area contributed by atoms with Crippen LogP contribution < -0.4 is 20.7 Å². The van der Waals surface area contributed by atoms with Crippen LogP contribution in [0, 0.1) is 0 Å². The first kappa shape index (κ1) is 26.4. The van der Waals surface area contributed by atoms with Crippen LogP contribution in [0.3, 0.4) is 0 Å². The van der Waals surface area contributed by atoms with E-state index in [0.29, 0.717) is 0 Å². The Balaban J connectivity index is 1.56. The van der Waals surface area contributed by atoms with Gasteiger partial charge in [-0.25, -0.2) is 0 Å². The van der Waals surface area contributed by atoms with Crippen molar-refractivity contribution in [2.45, 2.75) is 0 Å². The van der Waals surface area contributed by atoms with Crippen molar-refractivity contribution in [3.05, 3.63) is 171 Å². The first-order valence-corrected chi connectivity index (χ1v) is 16.3. The van der Waals surface area contributed by atoms with Crippen LogP contribution in [0.25, 0.3) is 33.6 Å². The Kier molecular flexibility index (Phi) is 7.22. The quantitative estimate of drug-likeness (QED) is 0.234. The number of aromatic nitrogens is 4. The lowest BCUT2D eigenvalue weighted by atomic mass is 10.1. The lowest BCUT2D eigenvalue weighted by Gasteiger charge is -2.35. The number of hydrogen-bond acceptors (Lipinski definition) is 4. The van der Waals surface area contributed by atoms with Gasteiger partial charge in [0.05, 0.1) is 11.4 Å². The maximum atomic E-state index is 4.83. The second kappa shape index (κ2) is 11.8. The molecule has 7 rings (SSSR count). The van der Waals surface area contributed by atoms with Gasteiger partial charge in [0.2, 0.25) is 0 Å². The van der Waals surface area contributed by atoms with Crippen LogP contribution in [0.5, 0.6) is 0 Å². The van der Waals surface area contributed by atoms with Crippen LogP contribution in [0.1, 0.15) is 0 Å². The van der Waals surface area contributed by atoms with Crippen molar-refractivity contribution in [3.63, 3.8) is 0 Å². The van der Waals surface area contributed by atoms with E-state index < -0.39 is 8.07 Å². The van der Waals surface area contributed by atoms with Crippen molar-refractivity contribution < 1.29 is 0 Å². The van der Waals surface area contributed by atoms with E-state index in [4.69, 9.17) is 9.97 Å². The van der Waals surface area contributed by atoms with Gasteiger partial charge in [-0.15, -0.1) is 0 Å². The fraction of sp³-hybridized carbons (Fsp3) is 0. The Morgan fingerprint density at radius 3 is 1.40 bits per heavy atom. The molecule has 5 heteroatoms. The molecule has 1 atom stereocenters. The molecule has 1 unspecified atom stereocenters. The zero-order chi connectivity index (χ0) is 28.9. The Morgan fingerprint density at radius 1 is 0.326 bits per heavy atom. The van der Waals surface area contributed by atoms with Gasteiger partial charge in [0, 0.05) is 48.3 Å². The molecule has 0 aliphatic heterocycles. The van der Waals surface area contributed by atoms with Gasteiger partial charge in [-0.3, -0.25) is 19.9 Å². The molecule has 0 fully saturated rings.